The van der Waals surface area contributed by atoms with Crippen molar-refractivity contribution in [2.24, 2.45) is 0 Å². The Kier molecular flexibility index (Phi) is 2.32. The SMILES string of the molecule is CN1c2ccccc2Cc2c1nc(N)c(C#N)c2N. The molecule has 3 rings (SSSR count). The minimum absolute atomic E-state index is 0.185. The average Bonchev–Trinajstić information content (AvgIpc) is 2.41. The van der Waals surface area contributed by atoms with Gasteiger partial charge in [0.2, 0.25) is 0 Å². The van der Waals surface area contributed by atoms with Crippen molar-refractivity contribution in [1.82, 2.24) is 4.98 Å². The van der Waals surface area contributed by atoms with Gasteiger partial charge in [-0.1, -0.05) is 18.2 Å². The largest absolute Gasteiger partial charge is 0.397 e. The zero-order chi connectivity index (χ0) is 13.6. The number of pyridine rings is 1. The van der Waals surface area contributed by atoms with Gasteiger partial charge in [0.05, 0.1) is 5.69 Å². The van der Waals surface area contributed by atoms with E-state index < -0.39 is 0 Å². The molecule has 0 amide bonds. The zero-order valence-corrected chi connectivity index (χ0v) is 10.5. The van der Waals surface area contributed by atoms with Crippen LogP contribution in [0.1, 0.15) is 16.7 Å². The summed E-state index contributed by atoms with van der Waals surface area (Å²) in [6, 6.07) is 10.1. The van der Waals surface area contributed by atoms with Gasteiger partial charge >= 0.3 is 0 Å². The van der Waals surface area contributed by atoms with Gasteiger partial charge in [-0.2, -0.15) is 5.26 Å². The van der Waals surface area contributed by atoms with E-state index in [0.717, 1.165) is 17.1 Å². The van der Waals surface area contributed by atoms with Crippen LogP contribution in [0, 0.1) is 11.3 Å². The standard InChI is InChI=1S/C14H13N5/c1-19-11-5-3-2-4-8(11)6-9-12(16)10(7-15)13(17)18-14(9)19/h2-5H,6H2,1H3,(H4,16,17,18). The number of fused-ring (bicyclic) bond motifs is 2. The Morgan fingerprint density at radius 3 is 2.79 bits per heavy atom. The molecule has 4 N–H and O–H groups in total. The molecule has 1 aliphatic rings. The molecule has 0 atom stereocenters. The molecule has 94 valence electrons. The fourth-order valence-corrected chi connectivity index (χ4v) is 2.51. The van der Waals surface area contributed by atoms with E-state index in [1.54, 1.807) is 0 Å². The quantitative estimate of drug-likeness (QED) is 0.744. The summed E-state index contributed by atoms with van der Waals surface area (Å²) < 4.78 is 0. The molecule has 0 saturated carbocycles. The van der Waals surface area contributed by atoms with Gasteiger partial charge in [0, 0.05) is 24.7 Å². The van der Waals surface area contributed by atoms with E-state index in [4.69, 9.17) is 16.7 Å². The van der Waals surface area contributed by atoms with Crippen LogP contribution in [-0.4, -0.2) is 12.0 Å². The molecule has 0 spiro atoms. The lowest BCUT2D eigenvalue weighted by Crippen LogP contribution is -2.22. The Hall–Kier alpha value is -2.74. The third-order valence-electron chi connectivity index (χ3n) is 3.50. The molecule has 0 radical (unpaired) electrons. The predicted molar refractivity (Wildman–Crippen MR) is 75.1 cm³/mol. The van der Waals surface area contributed by atoms with Crippen molar-refractivity contribution >= 4 is 23.0 Å². The number of aromatic nitrogens is 1. The van der Waals surface area contributed by atoms with Crippen LogP contribution < -0.4 is 16.4 Å². The molecule has 5 nitrogen and oxygen atoms in total. The lowest BCUT2D eigenvalue weighted by Gasteiger charge is -2.30. The number of nitrogens with zero attached hydrogens (tertiary/aromatic N) is 3. The van der Waals surface area contributed by atoms with Crippen molar-refractivity contribution in [2.75, 3.05) is 23.4 Å². The van der Waals surface area contributed by atoms with Gasteiger partial charge < -0.3 is 16.4 Å². The van der Waals surface area contributed by atoms with Crippen LogP contribution in [0.3, 0.4) is 0 Å². The smallest absolute Gasteiger partial charge is 0.145 e. The summed E-state index contributed by atoms with van der Waals surface area (Å²) in [7, 11) is 1.93. The van der Waals surface area contributed by atoms with Crippen molar-refractivity contribution in [2.45, 2.75) is 6.42 Å². The van der Waals surface area contributed by atoms with E-state index in [1.807, 2.05) is 36.2 Å². The monoisotopic (exact) mass is 251 g/mol. The first kappa shape index (κ1) is 11.4. The minimum Gasteiger partial charge on any atom is -0.397 e. The molecular weight excluding hydrogens is 238 g/mol. The van der Waals surface area contributed by atoms with Gasteiger partial charge in [-0.05, 0) is 11.6 Å². The number of hydrogen-bond donors (Lipinski definition) is 2. The van der Waals surface area contributed by atoms with Crippen molar-refractivity contribution < 1.29 is 0 Å². The lowest BCUT2D eigenvalue weighted by molar-refractivity contribution is 1.01. The summed E-state index contributed by atoms with van der Waals surface area (Å²) >= 11 is 0. The predicted octanol–water partition coefficient (Wildman–Crippen LogP) is 1.79. The van der Waals surface area contributed by atoms with Crippen LogP contribution in [0.5, 0.6) is 0 Å². The molecule has 0 fully saturated rings. The highest BCUT2D eigenvalue weighted by atomic mass is 15.2. The first-order valence-corrected chi connectivity index (χ1v) is 5.93. The molecule has 0 aliphatic carbocycles. The number of rotatable bonds is 0. The minimum atomic E-state index is 0.185. The molecule has 0 saturated heterocycles. The number of nitriles is 1. The fourth-order valence-electron chi connectivity index (χ4n) is 2.51. The number of benzene rings is 1. The second kappa shape index (κ2) is 3.89. The van der Waals surface area contributed by atoms with Crippen LogP contribution in [0.15, 0.2) is 24.3 Å². The van der Waals surface area contributed by atoms with Crippen LogP contribution >= 0.6 is 0 Å². The summed E-state index contributed by atoms with van der Waals surface area (Å²) in [6.45, 7) is 0. The summed E-state index contributed by atoms with van der Waals surface area (Å²) in [6.07, 6.45) is 0.670. The maximum Gasteiger partial charge on any atom is 0.145 e. The number of anilines is 4. The summed E-state index contributed by atoms with van der Waals surface area (Å²) in [5, 5.41) is 9.10. The highest BCUT2D eigenvalue weighted by Crippen LogP contribution is 2.40. The van der Waals surface area contributed by atoms with Gasteiger partial charge in [-0.3, -0.25) is 0 Å². The second-order valence-corrected chi connectivity index (χ2v) is 4.56. The molecule has 1 aromatic heterocycles. The van der Waals surface area contributed by atoms with Crippen LogP contribution in [0.2, 0.25) is 0 Å². The average molecular weight is 251 g/mol. The normalized spacial score (nSPS) is 12.5. The summed E-state index contributed by atoms with van der Waals surface area (Å²) in [5.74, 6) is 0.915. The number of nitrogen functional groups attached to an aromatic ring is 2. The highest BCUT2D eigenvalue weighted by Gasteiger charge is 2.25. The van der Waals surface area contributed by atoms with Gasteiger partial charge in [-0.25, -0.2) is 4.98 Å². The molecule has 1 aromatic carbocycles. The van der Waals surface area contributed by atoms with Gasteiger partial charge in [0.25, 0.3) is 0 Å². The Balaban J connectivity index is 2.27. The van der Waals surface area contributed by atoms with Crippen molar-refractivity contribution in [1.29, 1.82) is 5.26 Å². The van der Waals surface area contributed by atoms with E-state index in [1.165, 1.54) is 5.56 Å². The molecule has 1 aliphatic heterocycles. The fraction of sp³-hybridized carbons (Fsp3) is 0.143. The zero-order valence-electron chi connectivity index (χ0n) is 10.5. The highest BCUT2D eigenvalue weighted by molar-refractivity contribution is 5.81. The van der Waals surface area contributed by atoms with Crippen LogP contribution in [0.25, 0.3) is 0 Å². The number of para-hydroxylation sites is 1. The summed E-state index contributed by atoms with van der Waals surface area (Å²) in [5.41, 5.74) is 15.7. The van der Waals surface area contributed by atoms with E-state index in [2.05, 4.69) is 11.1 Å². The second-order valence-electron chi connectivity index (χ2n) is 4.56. The van der Waals surface area contributed by atoms with E-state index in [0.29, 0.717) is 12.1 Å². The summed E-state index contributed by atoms with van der Waals surface area (Å²) in [4.78, 5) is 6.29. The number of nitrogens with two attached hydrogens (primary N) is 2. The maximum atomic E-state index is 9.10. The maximum absolute atomic E-state index is 9.10. The first-order valence-electron chi connectivity index (χ1n) is 5.93. The van der Waals surface area contributed by atoms with Crippen LogP contribution in [-0.2, 0) is 6.42 Å². The molecule has 19 heavy (non-hydrogen) atoms. The van der Waals surface area contributed by atoms with Gasteiger partial charge in [-0.15, -0.1) is 0 Å². The van der Waals surface area contributed by atoms with E-state index >= 15 is 0 Å². The molecule has 0 unspecified atom stereocenters. The third kappa shape index (κ3) is 1.50. The molecule has 2 aromatic rings. The van der Waals surface area contributed by atoms with Crippen molar-refractivity contribution in [3.05, 3.63) is 41.0 Å². The Bertz CT molecular complexity index is 715. The lowest BCUT2D eigenvalue weighted by atomic mass is 9.96. The van der Waals surface area contributed by atoms with E-state index in [-0.39, 0.29) is 11.4 Å². The van der Waals surface area contributed by atoms with Crippen molar-refractivity contribution in [3.63, 3.8) is 0 Å². The van der Waals surface area contributed by atoms with Gasteiger partial charge in [0.15, 0.2) is 0 Å². The Morgan fingerprint density at radius 1 is 1.32 bits per heavy atom. The van der Waals surface area contributed by atoms with Crippen LogP contribution in [0.4, 0.5) is 23.0 Å². The van der Waals surface area contributed by atoms with Crippen molar-refractivity contribution in [3.8, 4) is 6.07 Å². The van der Waals surface area contributed by atoms with Gasteiger partial charge in [0.1, 0.15) is 23.3 Å². The molecule has 2 heterocycles. The Morgan fingerprint density at radius 2 is 2.05 bits per heavy atom. The molecular formula is C14H13N5. The third-order valence-corrected chi connectivity index (χ3v) is 3.50. The Labute approximate surface area is 111 Å². The van der Waals surface area contributed by atoms with E-state index in [9.17, 15) is 0 Å². The molecule has 0 bridgehead atoms. The topological polar surface area (TPSA) is 92.0 Å². The molecule has 5 heteroatoms. The first-order chi connectivity index (χ1) is 9.13. The number of hydrogen-bond acceptors (Lipinski definition) is 5.